The number of nitrogens with zero attached hydrogens (tertiary/aromatic N) is 1. The number of carbonyl (C=O) groups is 1. The molecular weight excluding hydrogens is 242 g/mol. The molecule has 1 aromatic carbocycles. The second kappa shape index (κ2) is 7.92. The van der Waals surface area contributed by atoms with Crippen molar-refractivity contribution in [1.29, 1.82) is 0 Å². The molecule has 0 aliphatic rings. The molecule has 0 aliphatic heterocycles. The van der Waals surface area contributed by atoms with Crippen LogP contribution in [-0.4, -0.2) is 42.3 Å². The standard InChI is InChI=1S/C15H23NO3/c1-4-16(12(2)11-19-3)10-14-7-5-13(6-8-14)9-15(17)18/h5-8,12H,4,9-11H2,1-3H3,(H,17,18). The fraction of sp³-hybridized carbons (Fsp3) is 0.533. The van der Waals surface area contributed by atoms with Gasteiger partial charge >= 0.3 is 5.97 Å². The fourth-order valence-electron chi connectivity index (χ4n) is 2.10. The van der Waals surface area contributed by atoms with Crippen LogP contribution in [0, 0.1) is 0 Å². The molecule has 0 saturated heterocycles. The molecule has 0 fully saturated rings. The van der Waals surface area contributed by atoms with Gasteiger partial charge in [0, 0.05) is 19.7 Å². The molecule has 106 valence electrons. The summed E-state index contributed by atoms with van der Waals surface area (Å²) in [7, 11) is 1.71. The van der Waals surface area contributed by atoms with E-state index in [0.29, 0.717) is 12.6 Å². The number of ether oxygens (including phenoxy) is 1. The minimum Gasteiger partial charge on any atom is -0.481 e. The average Bonchev–Trinajstić information content (AvgIpc) is 2.37. The zero-order valence-electron chi connectivity index (χ0n) is 11.9. The maximum Gasteiger partial charge on any atom is 0.307 e. The van der Waals surface area contributed by atoms with E-state index in [1.165, 1.54) is 5.56 Å². The Morgan fingerprint density at radius 1 is 1.32 bits per heavy atom. The Morgan fingerprint density at radius 3 is 2.37 bits per heavy atom. The lowest BCUT2D eigenvalue weighted by Crippen LogP contribution is -2.35. The van der Waals surface area contributed by atoms with Gasteiger partial charge in [-0.2, -0.15) is 0 Å². The van der Waals surface area contributed by atoms with Crippen molar-refractivity contribution >= 4 is 5.97 Å². The molecule has 0 heterocycles. The Bertz CT molecular complexity index is 389. The molecule has 0 aromatic heterocycles. The van der Waals surface area contributed by atoms with Gasteiger partial charge in [-0.3, -0.25) is 9.69 Å². The van der Waals surface area contributed by atoms with E-state index in [1.54, 1.807) is 7.11 Å². The second-order valence-corrected chi connectivity index (χ2v) is 4.75. The summed E-state index contributed by atoms with van der Waals surface area (Å²) < 4.78 is 5.18. The van der Waals surface area contributed by atoms with Gasteiger partial charge in [-0.15, -0.1) is 0 Å². The minimum atomic E-state index is -0.795. The topological polar surface area (TPSA) is 49.8 Å². The summed E-state index contributed by atoms with van der Waals surface area (Å²) in [4.78, 5) is 12.9. The molecule has 0 saturated carbocycles. The van der Waals surface area contributed by atoms with Gasteiger partial charge < -0.3 is 9.84 Å². The molecule has 1 atom stereocenters. The van der Waals surface area contributed by atoms with Gasteiger partial charge in [0.25, 0.3) is 0 Å². The van der Waals surface area contributed by atoms with Crippen molar-refractivity contribution < 1.29 is 14.6 Å². The number of methoxy groups -OCH3 is 1. The van der Waals surface area contributed by atoms with Crippen LogP contribution in [0.5, 0.6) is 0 Å². The zero-order chi connectivity index (χ0) is 14.3. The summed E-state index contributed by atoms with van der Waals surface area (Å²) >= 11 is 0. The van der Waals surface area contributed by atoms with E-state index in [4.69, 9.17) is 9.84 Å². The Kier molecular flexibility index (Phi) is 6.53. The molecule has 4 heteroatoms. The van der Waals surface area contributed by atoms with Gasteiger partial charge in [0.2, 0.25) is 0 Å². The highest BCUT2D eigenvalue weighted by molar-refractivity contribution is 5.70. The molecule has 1 aromatic rings. The van der Waals surface area contributed by atoms with Crippen LogP contribution >= 0.6 is 0 Å². The van der Waals surface area contributed by atoms with Crippen molar-refractivity contribution in [2.45, 2.75) is 32.9 Å². The first-order valence-corrected chi connectivity index (χ1v) is 6.59. The largest absolute Gasteiger partial charge is 0.481 e. The summed E-state index contributed by atoms with van der Waals surface area (Å²) in [5.74, 6) is -0.795. The van der Waals surface area contributed by atoms with Crippen LogP contribution in [0.3, 0.4) is 0 Å². The summed E-state index contributed by atoms with van der Waals surface area (Å²) in [5, 5.41) is 8.73. The lowest BCUT2D eigenvalue weighted by molar-refractivity contribution is -0.136. The van der Waals surface area contributed by atoms with Crippen molar-refractivity contribution in [3.05, 3.63) is 35.4 Å². The molecule has 0 spiro atoms. The predicted molar refractivity (Wildman–Crippen MR) is 75.2 cm³/mol. The molecule has 19 heavy (non-hydrogen) atoms. The van der Waals surface area contributed by atoms with Gasteiger partial charge in [0.1, 0.15) is 0 Å². The van der Waals surface area contributed by atoms with E-state index in [2.05, 4.69) is 18.7 Å². The molecule has 0 amide bonds. The van der Waals surface area contributed by atoms with Crippen LogP contribution in [0.4, 0.5) is 0 Å². The van der Waals surface area contributed by atoms with Crippen molar-refractivity contribution in [2.24, 2.45) is 0 Å². The van der Waals surface area contributed by atoms with E-state index in [1.807, 2.05) is 24.3 Å². The quantitative estimate of drug-likeness (QED) is 0.782. The number of hydrogen-bond donors (Lipinski definition) is 1. The molecule has 0 aliphatic carbocycles. The number of likely N-dealkylation sites (N-methyl/N-ethyl adjacent to an activating group) is 1. The lowest BCUT2D eigenvalue weighted by atomic mass is 10.1. The van der Waals surface area contributed by atoms with Crippen molar-refractivity contribution in [3.63, 3.8) is 0 Å². The highest BCUT2D eigenvalue weighted by Gasteiger charge is 2.12. The fourth-order valence-corrected chi connectivity index (χ4v) is 2.10. The third-order valence-electron chi connectivity index (χ3n) is 3.20. The average molecular weight is 265 g/mol. The number of rotatable bonds is 8. The number of benzene rings is 1. The summed E-state index contributed by atoms with van der Waals surface area (Å²) in [6.45, 7) is 6.80. The van der Waals surface area contributed by atoms with E-state index in [0.717, 1.165) is 18.7 Å². The number of hydrogen-bond acceptors (Lipinski definition) is 3. The van der Waals surface area contributed by atoms with E-state index < -0.39 is 5.97 Å². The van der Waals surface area contributed by atoms with Gasteiger partial charge in [-0.25, -0.2) is 0 Å². The first-order valence-electron chi connectivity index (χ1n) is 6.59. The molecular formula is C15H23NO3. The number of carboxylic acids is 1. The van der Waals surface area contributed by atoms with Gasteiger partial charge in [-0.1, -0.05) is 31.2 Å². The first-order chi connectivity index (χ1) is 9.06. The van der Waals surface area contributed by atoms with Gasteiger partial charge in [0.15, 0.2) is 0 Å². The maximum atomic E-state index is 10.6. The van der Waals surface area contributed by atoms with Crippen LogP contribution in [0.15, 0.2) is 24.3 Å². The molecule has 0 radical (unpaired) electrons. The maximum absolute atomic E-state index is 10.6. The van der Waals surface area contributed by atoms with Crippen LogP contribution in [0.1, 0.15) is 25.0 Å². The van der Waals surface area contributed by atoms with Gasteiger partial charge in [-0.05, 0) is 24.6 Å². The Hall–Kier alpha value is -1.39. The predicted octanol–water partition coefficient (Wildman–Crippen LogP) is 2.17. The monoisotopic (exact) mass is 265 g/mol. The Morgan fingerprint density at radius 2 is 1.89 bits per heavy atom. The highest BCUT2D eigenvalue weighted by Crippen LogP contribution is 2.10. The second-order valence-electron chi connectivity index (χ2n) is 4.75. The van der Waals surface area contributed by atoms with Crippen LogP contribution in [0.2, 0.25) is 0 Å². The third-order valence-corrected chi connectivity index (χ3v) is 3.20. The van der Waals surface area contributed by atoms with Crippen LogP contribution in [0.25, 0.3) is 0 Å². The Labute approximate surface area is 115 Å². The van der Waals surface area contributed by atoms with Crippen LogP contribution < -0.4 is 0 Å². The summed E-state index contributed by atoms with van der Waals surface area (Å²) in [6, 6.07) is 8.14. The van der Waals surface area contributed by atoms with Gasteiger partial charge in [0.05, 0.1) is 13.0 Å². The smallest absolute Gasteiger partial charge is 0.307 e. The van der Waals surface area contributed by atoms with Crippen molar-refractivity contribution in [1.82, 2.24) is 4.90 Å². The molecule has 1 unspecified atom stereocenters. The van der Waals surface area contributed by atoms with E-state index >= 15 is 0 Å². The van der Waals surface area contributed by atoms with E-state index in [-0.39, 0.29) is 6.42 Å². The lowest BCUT2D eigenvalue weighted by Gasteiger charge is -2.27. The number of carboxylic acid groups (broad SMARTS) is 1. The molecule has 0 bridgehead atoms. The SMILES string of the molecule is CCN(Cc1ccc(CC(=O)O)cc1)C(C)COC. The van der Waals surface area contributed by atoms with E-state index in [9.17, 15) is 4.79 Å². The minimum absolute atomic E-state index is 0.0812. The van der Waals surface area contributed by atoms with Crippen molar-refractivity contribution in [3.8, 4) is 0 Å². The molecule has 1 N–H and O–H groups in total. The normalized spacial score (nSPS) is 12.6. The van der Waals surface area contributed by atoms with Crippen molar-refractivity contribution in [2.75, 3.05) is 20.3 Å². The molecule has 4 nitrogen and oxygen atoms in total. The van der Waals surface area contributed by atoms with Crippen LogP contribution in [-0.2, 0) is 22.5 Å². The first kappa shape index (κ1) is 15.7. The Balaban J connectivity index is 2.62. The number of aliphatic carboxylic acids is 1. The zero-order valence-corrected chi connectivity index (χ0v) is 11.9. The molecule has 1 rings (SSSR count). The summed E-state index contributed by atoms with van der Waals surface area (Å²) in [6.07, 6.45) is 0.0812. The summed E-state index contributed by atoms with van der Waals surface area (Å²) in [5.41, 5.74) is 2.03. The third kappa shape index (κ3) is 5.41. The highest BCUT2D eigenvalue weighted by atomic mass is 16.5.